The zero-order chi connectivity index (χ0) is 14.6. The summed E-state index contributed by atoms with van der Waals surface area (Å²) in [7, 11) is 0. The number of hydrogen-bond acceptors (Lipinski definition) is 2. The van der Waals surface area contributed by atoms with Gasteiger partial charge in [-0.05, 0) is 43.4 Å². The fraction of sp³-hybridized carbons (Fsp3) is 0.562. The van der Waals surface area contributed by atoms with Gasteiger partial charge in [0.1, 0.15) is 0 Å². The first kappa shape index (κ1) is 15.3. The smallest absolute Gasteiger partial charge is 0.234 e. The summed E-state index contributed by atoms with van der Waals surface area (Å²) in [6, 6.07) is 8.31. The Morgan fingerprint density at radius 1 is 1.25 bits per heavy atom. The van der Waals surface area contributed by atoms with E-state index in [0.29, 0.717) is 12.6 Å². The van der Waals surface area contributed by atoms with E-state index in [2.05, 4.69) is 24.5 Å². The Kier molecular flexibility index (Phi) is 5.06. The summed E-state index contributed by atoms with van der Waals surface area (Å²) < 4.78 is 0. The van der Waals surface area contributed by atoms with Crippen LogP contribution in [0.1, 0.15) is 45.1 Å². The fourth-order valence-corrected chi connectivity index (χ4v) is 2.66. The first-order chi connectivity index (χ1) is 9.59. The molecule has 110 valence electrons. The van der Waals surface area contributed by atoms with Gasteiger partial charge in [0, 0.05) is 16.6 Å². The molecule has 2 N–H and O–H groups in total. The van der Waals surface area contributed by atoms with Gasteiger partial charge in [-0.2, -0.15) is 0 Å². The molecule has 0 unspecified atom stereocenters. The van der Waals surface area contributed by atoms with E-state index in [0.717, 1.165) is 30.7 Å². The van der Waals surface area contributed by atoms with E-state index in [1.165, 1.54) is 5.56 Å². The van der Waals surface area contributed by atoms with Crippen molar-refractivity contribution in [3.63, 3.8) is 0 Å². The molecule has 0 aromatic heterocycles. The summed E-state index contributed by atoms with van der Waals surface area (Å²) in [5.41, 5.74) is 1.02. The number of hydrogen-bond donors (Lipinski definition) is 2. The molecule has 1 aliphatic carbocycles. The van der Waals surface area contributed by atoms with Crippen molar-refractivity contribution in [2.45, 2.75) is 51.1 Å². The lowest BCUT2D eigenvalue weighted by Crippen LogP contribution is -2.46. The minimum absolute atomic E-state index is 0.0905. The molecular weight excluding hydrogens is 272 g/mol. The van der Waals surface area contributed by atoms with Crippen LogP contribution in [0.15, 0.2) is 24.3 Å². The molecule has 1 amide bonds. The second kappa shape index (κ2) is 6.59. The molecule has 0 atom stereocenters. The van der Waals surface area contributed by atoms with Gasteiger partial charge >= 0.3 is 0 Å². The lowest BCUT2D eigenvalue weighted by atomic mass is 9.84. The van der Waals surface area contributed by atoms with Crippen molar-refractivity contribution < 1.29 is 4.79 Å². The third-order valence-electron chi connectivity index (χ3n) is 4.13. The van der Waals surface area contributed by atoms with Crippen molar-refractivity contribution in [2.24, 2.45) is 0 Å². The van der Waals surface area contributed by atoms with Gasteiger partial charge in [0.2, 0.25) is 5.91 Å². The highest BCUT2D eigenvalue weighted by Gasteiger charge is 2.29. The Morgan fingerprint density at radius 3 is 2.35 bits per heavy atom. The van der Waals surface area contributed by atoms with Crippen molar-refractivity contribution in [2.75, 3.05) is 6.54 Å². The van der Waals surface area contributed by atoms with Crippen LogP contribution in [0, 0.1) is 0 Å². The summed E-state index contributed by atoms with van der Waals surface area (Å²) in [4.78, 5) is 11.9. The van der Waals surface area contributed by atoms with Gasteiger partial charge in [0.15, 0.2) is 0 Å². The second-order valence-electron chi connectivity index (χ2n) is 5.49. The van der Waals surface area contributed by atoms with Gasteiger partial charge in [-0.3, -0.25) is 10.1 Å². The Hall–Kier alpha value is -1.06. The van der Waals surface area contributed by atoms with Gasteiger partial charge in [-0.25, -0.2) is 0 Å². The predicted molar refractivity (Wildman–Crippen MR) is 82.9 cm³/mol. The molecule has 20 heavy (non-hydrogen) atoms. The van der Waals surface area contributed by atoms with Crippen molar-refractivity contribution in [1.82, 2.24) is 10.6 Å². The molecule has 1 saturated carbocycles. The van der Waals surface area contributed by atoms with E-state index >= 15 is 0 Å². The van der Waals surface area contributed by atoms with Crippen LogP contribution >= 0.6 is 11.6 Å². The number of halogens is 1. The van der Waals surface area contributed by atoms with Crippen molar-refractivity contribution >= 4 is 17.5 Å². The van der Waals surface area contributed by atoms with Crippen LogP contribution in [-0.4, -0.2) is 18.5 Å². The van der Waals surface area contributed by atoms with Crippen LogP contribution in [-0.2, 0) is 10.3 Å². The van der Waals surface area contributed by atoms with Crippen LogP contribution in [0.25, 0.3) is 0 Å². The Bertz CT molecular complexity index is 450. The molecule has 1 aliphatic rings. The zero-order valence-electron chi connectivity index (χ0n) is 12.2. The van der Waals surface area contributed by atoms with Gasteiger partial charge in [0.25, 0.3) is 0 Å². The predicted octanol–water partition coefficient (Wildman–Crippen LogP) is 3.22. The Balaban J connectivity index is 2.03. The summed E-state index contributed by atoms with van der Waals surface area (Å²) in [6.45, 7) is 4.65. The van der Waals surface area contributed by atoms with Gasteiger partial charge in [0.05, 0.1) is 6.54 Å². The molecule has 0 aliphatic heterocycles. The second-order valence-corrected chi connectivity index (χ2v) is 5.93. The molecule has 0 saturated heterocycles. The number of nitrogens with one attached hydrogen (secondary N) is 2. The molecule has 0 heterocycles. The summed E-state index contributed by atoms with van der Waals surface area (Å²) >= 11 is 5.96. The van der Waals surface area contributed by atoms with E-state index in [9.17, 15) is 4.79 Å². The summed E-state index contributed by atoms with van der Waals surface area (Å²) in [6.07, 6.45) is 4.11. The lowest BCUT2D eigenvalue weighted by Gasteiger charge is -2.33. The molecule has 1 aromatic carbocycles. The van der Waals surface area contributed by atoms with Crippen molar-refractivity contribution in [3.05, 3.63) is 34.9 Å². The van der Waals surface area contributed by atoms with Crippen molar-refractivity contribution in [3.8, 4) is 0 Å². The van der Waals surface area contributed by atoms with Crippen molar-refractivity contribution in [1.29, 1.82) is 0 Å². The fourth-order valence-electron chi connectivity index (χ4n) is 2.54. The van der Waals surface area contributed by atoms with E-state index in [4.69, 9.17) is 11.6 Å². The van der Waals surface area contributed by atoms with E-state index in [-0.39, 0.29) is 11.4 Å². The molecular formula is C16H23ClN2O. The summed E-state index contributed by atoms with van der Waals surface area (Å²) in [5.74, 6) is 0.0905. The van der Waals surface area contributed by atoms with Gasteiger partial charge < -0.3 is 5.32 Å². The molecule has 0 spiro atoms. The molecule has 4 heteroatoms. The highest BCUT2D eigenvalue weighted by molar-refractivity contribution is 6.30. The monoisotopic (exact) mass is 294 g/mol. The SMILES string of the molecule is CCC(CC)(NCC(=O)NC1CC1)c1ccc(Cl)cc1. The molecule has 2 rings (SSSR count). The topological polar surface area (TPSA) is 41.1 Å². The van der Waals surface area contributed by atoms with Crippen LogP contribution < -0.4 is 10.6 Å². The Morgan fingerprint density at radius 2 is 1.85 bits per heavy atom. The zero-order valence-corrected chi connectivity index (χ0v) is 13.0. The minimum Gasteiger partial charge on any atom is -0.352 e. The first-order valence-electron chi connectivity index (χ1n) is 7.40. The molecule has 1 aromatic rings. The largest absolute Gasteiger partial charge is 0.352 e. The minimum atomic E-state index is -0.161. The maximum Gasteiger partial charge on any atom is 0.234 e. The van der Waals surface area contributed by atoms with Crippen LogP contribution in [0.4, 0.5) is 0 Å². The Labute approximate surface area is 126 Å². The van der Waals surface area contributed by atoms with E-state index in [1.807, 2.05) is 24.3 Å². The standard InChI is InChI=1S/C16H23ClN2O/c1-3-16(4-2,12-5-7-13(17)8-6-12)18-11-15(20)19-14-9-10-14/h5-8,14,18H,3-4,9-11H2,1-2H3,(H,19,20). The van der Waals surface area contributed by atoms with Gasteiger partial charge in [-0.15, -0.1) is 0 Å². The molecule has 0 bridgehead atoms. The van der Waals surface area contributed by atoms with Crippen LogP contribution in [0.2, 0.25) is 5.02 Å². The number of amides is 1. The number of rotatable bonds is 7. The first-order valence-corrected chi connectivity index (χ1v) is 7.78. The maximum absolute atomic E-state index is 11.9. The van der Waals surface area contributed by atoms with Gasteiger partial charge in [-0.1, -0.05) is 37.6 Å². The third kappa shape index (κ3) is 3.74. The number of carbonyl (C=O) groups excluding carboxylic acids is 1. The molecule has 0 radical (unpaired) electrons. The quantitative estimate of drug-likeness (QED) is 0.811. The number of benzene rings is 1. The number of carbonyl (C=O) groups is 1. The van der Waals surface area contributed by atoms with E-state index in [1.54, 1.807) is 0 Å². The average Bonchev–Trinajstić information content (AvgIpc) is 3.26. The van der Waals surface area contributed by atoms with E-state index < -0.39 is 0 Å². The molecule has 1 fully saturated rings. The lowest BCUT2D eigenvalue weighted by molar-refractivity contribution is -0.120. The highest BCUT2D eigenvalue weighted by atomic mass is 35.5. The van der Waals surface area contributed by atoms with Crippen LogP contribution in [0.3, 0.4) is 0 Å². The third-order valence-corrected chi connectivity index (χ3v) is 4.39. The average molecular weight is 295 g/mol. The summed E-state index contributed by atoms with van der Waals surface area (Å²) in [5, 5.41) is 7.20. The normalized spacial score (nSPS) is 15.2. The maximum atomic E-state index is 11.9. The highest BCUT2D eigenvalue weighted by Crippen LogP contribution is 2.29. The molecule has 3 nitrogen and oxygen atoms in total. The van der Waals surface area contributed by atoms with Crippen LogP contribution in [0.5, 0.6) is 0 Å².